The van der Waals surface area contributed by atoms with Crippen LogP contribution in [0.25, 0.3) is 0 Å². The van der Waals surface area contributed by atoms with Gasteiger partial charge in [-0.2, -0.15) is 0 Å². The largest absolute Gasteiger partial charge is 0.0599 e. The Morgan fingerprint density at radius 2 is 1.67 bits per heavy atom. The van der Waals surface area contributed by atoms with Gasteiger partial charge in [0, 0.05) is 0 Å². The lowest BCUT2D eigenvalue weighted by atomic mass is 9.71. The van der Waals surface area contributed by atoms with Gasteiger partial charge in [-0.25, -0.2) is 0 Å². The van der Waals surface area contributed by atoms with Crippen molar-refractivity contribution in [2.24, 2.45) is 5.41 Å². The van der Waals surface area contributed by atoms with Gasteiger partial charge in [-0.05, 0) is 61.0 Å². The van der Waals surface area contributed by atoms with Crippen LogP contribution in [0.2, 0.25) is 0 Å². The van der Waals surface area contributed by atoms with Crippen molar-refractivity contribution in [3.63, 3.8) is 0 Å². The van der Waals surface area contributed by atoms with Crippen molar-refractivity contribution in [2.45, 2.75) is 72.1 Å². The molecule has 0 nitrogen and oxygen atoms in total. The van der Waals surface area contributed by atoms with E-state index < -0.39 is 0 Å². The van der Waals surface area contributed by atoms with Crippen LogP contribution in [0, 0.1) is 12.3 Å². The Hall–Kier alpha value is -0.780. The molecule has 0 unspecified atom stereocenters. The van der Waals surface area contributed by atoms with E-state index in [2.05, 4.69) is 52.8 Å². The van der Waals surface area contributed by atoms with Crippen LogP contribution in [0.4, 0.5) is 0 Å². The Balaban J connectivity index is 2.19. The predicted octanol–water partition coefficient (Wildman–Crippen LogP) is 5.80. The fraction of sp³-hybridized carbons (Fsp3) is 0.667. The molecule has 0 atom stereocenters. The lowest BCUT2D eigenvalue weighted by Crippen LogP contribution is -2.20. The first-order valence-corrected chi connectivity index (χ1v) is 7.49. The highest BCUT2D eigenvalue weighted by Gasteiger charge is 2.27. The minimum Gasteiger partial charge on any atom is -0.0599 e. The number of hydrogen-bond acceptors (Lipinski definition) is 0. The molecule has 1 aliphatic carbocycles. The summed E-state index contributed by atoms with van der Waals surface area (Å²) in [7, 11) is 0. The molecule has 1 aromatic rings. The zero-order chi connectivity index (χ0) is 13.3. The zero-order valence-corrected chi connectivity index (χ0v) is 12.7. The smallest absolute Gasteiger partial charge is 0.0161 e. The van der Waals surface area contributed by atoms with Crippen LogP contribution in [-0.2, 0) is 0 Å². The van der Waals surface area contributed by atoms with Crippen molar-refractivity contribution in [1.29, 1.82) is 0 Å². The highest BCUT2D eigenvalue weighted by atomic mass is 14.3. The molecule has 0 radical (unpaired) electrons. The minimum atomic E-state index is 0.571. The van der Waals surface area contributed by atoms with Gasteiger partial charge in [0.25, 0.3) is 0 Å². The van der Waals surface area contributed by atoms with E-state index in [1.54, 1.807) is 5.56 Å². The Bertz CT molecular complexity index is 402. The molecule has 0 spiro atoms. The van der Waals surface area contributed by atoms with E-state index in [1.165, 1.54) is 36.8 Å². The summed E-state index contributed by atoms with van der Waals surface area (Å²) in [5.41, 5.74) is 5.10. The summed E-state index contributed by atoms with van der Waals surface area (Å²) in [5, 5.41) is 0. The molecule has 0 heterocycles. The van der Waals surface area contributed by atoms with Crippen molar-refractivity contribution in [1.82, 2.24) is 0 Å². The third-order valence-corrected chi connectivity index (χ3v) is 4.60. The highest BCUT2D eigenvalue weighted by Crippen LogP contribution is 2.42. The van der Waals surface area contributed by atoms with Gasteiger partial charge < -0.3 is 0 Å². The molecule has 0 aromatic heterocycles. The Morgan fingerprint density at radius 1 is 1.06 bits per heavy atom. The first-order chi connectivity index (χ1) is 8.37. The Kier molecular flexibility index (Phi) is 3.84. The second-order valence-corrected chi connectivity index (χ2v) is 7.27. The lowest BCUT2D eigenvalue weighted by molar-refractivity contribution is 0.224. The fourth-order valence-corrected chi connectivity index (χ4v) is 3.14. The number of benzene rings is 1. The first-order valence-electron chi connectivity index (χ1n) is 7.49. The van der Waals surface area contributed by atoms with Crippen molar-refractivity contribution >= 4 is 0 Å². The average Bonchev–Trinajstić information content (AvgIpc) is 2.28. The van der Waals surface area contributed by atoms with Gasteiger partial charge in [-0.3, -0.25) is 0 Å². The van der Waals surface area contributed by atoms with Crippen LogP contribution in [0.5, 0.6) is 0 Å². The summed E-state index contributed by atoms with van der Waals surface area (Å²) in [6.07, 6.45) is 5.49. The quantitative estimate of drug-likeness (QED) is 0.616. The molecule has 2 rings (SSSR count). The second-order valence-electron chi connectivity index (χ2n) is 7.27. The summed E-state index contributed by atoms with van der Waals surface area (Å²) >= 11 is 0. The molecule has 1 fully saturated rings. The maximum absolute atomic E-state index is 2.46. The van der Waals surface area contributed by atoms with E-state index in [9.17, 15) is 0 Å². The molecule has 0 amide bonds. The van der Waals surface area contributed by atoms with E-state index in [-0.39, 0.29) is 0 Å². The molecule has 18 heavy (non-hydrogen) atoms. The van der Waals surface area contributed by atoms with Gasteiger partial charge in [0.15, 0.2) is 0 Å². The Labute approximate surface area is 113 Å². The predicted molar refractivity (Wildman–Crippen MR) is 80.3 cm³/mol. The standard InChI is InChI=1S/C18H28/c1-13(2)16-10-14(3)11-17(12-16)15-6-8-18(4,5)9-7-15/h10-13,15H,6-9H2,1-5H3. The van der Waals surface area contributed by atoms with Crippen LogP contribution in [0.15, 0.2) is 18.2 Å². The lowest BCUT2D eigenvalue weighted by Gasteiger charge is -2.34. The Morgan fingerprint density at radius 3 is 2.22 bits per heavy atom. The highest BCUT2D eigenvalue weighted by molar-refractivity contribution is 5.33. The third kappa shape index (κ3) is 3.16. The number of rotatable bonds is 2. The second kappa shape index (κ2) is 5.07. The summed E-state index contributed by atoms with van der Waals surface area (Å²) in [6.45, 7) is 11.7. The maximum atomic E-state index is 2.46. The molecular weight excluding hydrogens is 216 g/mol. The molecule has 1 aliphatic rings. The third-order valence-electron chi connectivity index (χ3n) is 4.60. The molecule has 0 N–H and O–H groups in total. The van der Waals surface area contributed by atoms with Gasteiger partial charge in [-0.15, -0.1) is 0 Å². The van der Waals surface area contributed by atoms with Crippen molar-refractivity contribution in [3.8, 4) is 0 Å². The van der Waals surface area contributed by atoms with Crippen LogP contribution in [0.3, 0.4) is 0 Å². The molecule has 1 saturated carbocycles. The summed E-state index contributed by atoms with van der Waals surface area (Å²) in [5.74, 6) is 1.44. The van der Waals surface area contributed by atoms with Crippen LogP contribution < -0.4 is 0 Å². The topological polar surface area (TPSA) is 0 Å². The molecular formula is C18H28. The van der Waals surface area contributed by atoms with Gasteiger partial charge in [0.05, 0.1) is 0 Å². The molecule has 0 aliphatic heterocycles. The van der Waals surface area contributed by atoms with E-state index in [0.717, 1.165) is 5.92 Å². The van der Waals surface area contributed by atoms with E-state index in [0.29, 0.717) is 11.3 Å². The summed E-state index contributed by atoms with van der Waals surface area (Å²) in [6, 6.07) is 7.22. The summed E-state index contributed by atoms with van der Waals surface area (Å²) < 4.78 is 0. The number of hydrogen-bond donors (Lipinski definition) is 0. The van der Waals surface area contributed by atoms with E-state index >= 15 is 0 Å². The first kappa shape index (κ1) is 13.6. The van der Waals surface area contributed by atoms with E-state index in [4.69, 9.17) is 0 Å². The van der Waals surface area contributed by atoms with Crippen molar-refractivity contribution < 1.29 is 0 Å². The van der Waals surface area contributed by atoms with Gasteiger partial charge in [0.2, 0.25) is 0 Å². The van der Waals surface area contributed by atoms with Crippen LogP contribution in [-0.4, -0.2) is 0 Å². The molecule has 1 aromatic carbocycles. The SMILES string of the molecule is Cc1cc(C(C)C)cc(C2CCC(C)(C)CC2)c1. The van der Waals surface area contributed by atoms with Gasteiger partial charge in [0.1, 0.15) is 0 Å². The normalized spacial score (nSPS) is 20.3. The minimum absolute atomic E-state index is 0.571. The molecule has 100 valence electrons. The average molecular weight is 244 g/mol. The van der Waals surface area contributed by atoms with Crippen molar-refractivity contribution in [2.75, 3.05) is 0 Å². The number of aryl methyl sites for hydroxylation is 1. The van der Waals surface area contributed by atoms with Crippen LogP contribution >= 0.6 is 0 Å². The molecule has 0 bridgehead atoms. The maximum Gasteiger partial charge on any atom is -0.0161 e. The van der Waals surface area contributed by atoms with Crippen LogP contribution in [0.1, 0.15) is 81.9 Å². The zero-order valence-electron chi connectivity index (χ0n) is 12.7. The molecule has 0 heteroatoms. The van der Waals surface area contributed by atoms with Gasteiger partial charge in [-0.1, -0.05) is 51.5 Å². The van der Waals surface area contributed by atoms with Crippen molar-refractivity contribution in [3.05, 3.63) is 34.9 Å². The molecule has 0 saturated heterocycles. The van der Waals surface area contributed by atoms with E-state index in [1.807, 2.05) is 0 Å². The summed E-state index contributed by atoms with van der Waals surface area (Å²) in [4.78, 5) is 0. The van der Waals surface area contributed by atoms with Gasteiger partial charge >= 0.3 is 0 Å². The fourth-order valence-electron chi connectivity index (χ4n) is 3.14. The monoisotopic (exact) mass is 244 g/mol.